The fraction of sp³-hybridized carbons (Fsp3) is 0.296. The van der Waals surface area contributed by atoms with Crippen molar-refractivity contribution >= 4 is 16.9 Å². The Morgan fingerprint density at radius 3 is 2.56 bits per heavy atom. The van der Waals surface area contributed by atoms with Gasteiger partial charge in [0.25, 0.3) is 5.56 Å². The van der Waals surface area contributed by atoms with Crippen LogP contribution < -0.4 is 10.9 Å². The minimum absolute atomic E-state index is 0.108. The van der Waals surface area contributed by atoms with Crippen LogP contribution in [0.3, 0.4) is 0 Å². The SMILES string of the molecule is CCn1c(=O)c(CCC(=O)NCc2ccccc2F)c(C)c2c(C)nn(-c3cccc(C)c3)c21. The van der Waals surface area contributed by atoms with Gasteiger partial charge in [0, 0.05) is 36.0 Å². The van der Waals surface area contributed by atoms with Gasteiger partial charge in [0.2, 0.25) is 5.91 Å². The van der Waals surface area contributed by atoms with Crippen molar-refractivity contribution in [2.45, 2.75) is 53.6 Å². The molecule has 1 N–H and O–H groups in total. The number of hydrogen-bond acceptors (Lipinski definition) is 3. The monoisotopic (exact) mass is 460 g/mol. The number of carbonyl (C=O) groups excluding carboxylic acids is 1. The summed E-state index contributed by atoms with van der Waals surface area (Å²) in [5.41, 5.74) is 5.40. The van der Waals surface area contributed by atoms with Gasteiger partial charge in [-0.25, -0.2) is 9.07 Å². The summed E-state index contributed by atoms with van der Waals surface area (Å²) in [6.45, 7) is 8.42. The molecule has 2 aromatic carbocycles. The van der Waals surface area contributed by atoms with Gasteiger partial charge in [0.1, 0.15) is 11.5 Å². The molecule has 0 aliphatic heterocycles. The Hall–Kier alpha value is -3.74. The smallest absolute Gasteiger partial charge is 0.255 e. The molecule has 0 radical (unpaired) electrons. The van der Waals surface area contributed by atoms with Crippen molar-refractivity contribution in [2.24, 2.45) is 0 Å². The van der Waals surface area contributed by atoms with Crippen molar-refractivity contribution < 1.29 is 9.18 Å². The van der Waals surface area contributed by atoms with E-state index in [1.165, 1.54) is 6.07 Å². The highest BCUT2D eigenvalue weighted by Crippen LogP contribution is 2.26. The van der Waals surface area contributed by atoms with Gasteiger partial charge in [-0.1, -0.05) is 30.3 Å². The van der Waals surface area contributed by atoms with Crippen molar-refractivity contribution in [3.8, 4) is 5.69 Å². The van der Waals surface area contributed by atoms with Crippen molar-refractivity contribution in [3.05, 3.63) is 92.6 Å². The third-order valence-electron chi connectivity index (χ3n) is 6.22. The van der Waals surface area contributed by atoms with E-state index in [1.807, 2.05) is 56.6 Å². The Morgan fingerprint density at radius 1 is 1.09 bits per heavy atom. The summed E-state index contributed by atoms with van der Waals surface area (Å²) in [6, 6.07) is 14.4. The first-order chi connectivity index (χ1) is 16.3. The third kappa shape index (κ3) is 4.38. The summed E-state index contributed by atoms with van der Waals surface area (Å²) in [7, 11) is 0. The lowest BCUT2D eigenvalue weighted by atomic mass is 10.0. The molecule has 2 aromatic heterocycles. The molecule has 0 spiro atoms. The van der Waals surface area contributed by atoms with E-state index in [0.717, 1.165) is 33.5 Å². The van der Waals surface area contributed by atoms with E-state index in [-0.39, 0.29) is 30.2 Å². The summed E-state index contributed by atoms with van der Waals surface area (Å²) >= 11 is 0. The maximum absolute atomic E-state index is 13.8. The van der Waals surface area contributed by atoms with Crippen LogP contribution in [0.15, 0.2) is 53.3 Å². The molecule has 0 atom stereocenters. The quantitative estimate of drug-likeness (QED) is 0.441. The van der Waals surface area contributed by atoms with Gasteiger partial charge < -0.3 is 5.32 Å². The molecule has 0 aliphatic carbocycles. The molecule has 4 rings (SSSR count). The Bertz CT molecular complexity index is 1430. The summed E-state index contributed by atoms with van der Waals surface area (Å²) in [5, 5.41) is 8.45. The zero-order valence-corrected chi connectivity index (χ0v) is 20.0. The molecular weight excluding hydrogens is 431 g/mol. The van der Waals surface area contributed by atoms with Gasteiger partial charge in [-0.15, -0.1) is 0 Å². The first kappa shape index (κ1) is 23.4. The largest absolute Gasteiger partial charge is 0.352 e. The summed E-state index contributed by atoms with van der Waals surface area (Å²) in [5.74, 6) is -0.576. The molecule has 0 aliphatic rings. The lowest BCUT2D eigenvalue weighted by Crippen LogP contribution is -2.28. The average molecular weight is 461 g/mol. The maximum Gasteiger partial charge on any atom is 0.255 e. The van der Waals surface area contributed by atoms with Crippen molar-refractivity contribution in [1.29, 1.82) is 0 Å². The Kier molecular flexibility index (Phi) is 6.63. The zero-order valence-electron chi connectivity index (χ0n) is 20.0. The number of nitrogens with one attached hydrogen (secondary N) is 1. The van der Waals surface area contributed by atoms with E-state index in [0.29, 0.717) is 24.1 Å². The van der Waals surface area contributed by atoms with Crippen molar-refractivity contribution in [3.63, 3.8) is 0 Å². The Labute approximate surface area is 198 Å². The molecule has 0 bridgehead atoms. The highest BCUT2D eigenvalue weighted by Gasteiger charge is 2.21. The molecule has 1 amide bonds. The second kappa shape index (κ2) is 9.63. The minimum Gasteiger partial charge on any atom is -0.352 e. The molecule has 4 aromatic rings. The number of halogens is 1. The van der Waals surface area contributed by atoms with Crippen LogP contribution in [0.4, 0.5) is 4.39 Å². The number of carbonyl (C=O) groups is 1. The first-order valence-corrected chi connectivity index (χ1v) is 11.5. The number of fused-ring (bicyclic) bond motifs is 1. The molecule has 0 fully saturated rings. The van der Waals surface area contributed by atoms with Gasteiger partial charge in [0.15, 0.2) is 0 Å². The van der Waals surface area contributed by atoms with Crippen LogP contribution in [0.2, 0.25) is 0 Å². The van der Waals surface area contributed by atoms with Crippen molar-refractivity contribution in [1.82, 2.24) is 19.7 Å². The predicted octanol–water partition coefficient (Wildman–Crippen LogP) is 4.52. The van der Waals surface area contributed by atoms with Crippen LogP contribution in [-0.2, 0) is 24.3 Å². The predicted molar refractivity (Wildman–Crippen MR) is 132 cm³/mol. The van der Waals surface area contributed by atoms with Crippen LogP contribution in [0.25, 0.3) is 16.7 Å². The zero-order chi connectivity index (χ0) is 24.4. The van der Waals surface area contributed by atoms with Gasteiger partial charge in [-0.2, -0.15) is 5.10 Å². The van der Waals surface area contributed by atoms with Crippen LogP contribution in [0.1, 0.15) is 41.3 Å². The van der Waals surface area contributed by atoms with Crippen molar-refractivity contribution in [2.75, 3.05) is 0 Å². The number of aryl methyl sites for hydroxylation is 4. The Balaban J connectivity index is 1.65. The fourth-order valence-electron chi connectivity index (χ4n) is 4.46. The van der Waals surface area contributed by atoms with E-state index in [1.54, 1.807) is 22.8 Å². The summed E-state index contributed by atoms with van der Waals surface area (Å²) < 4.78 is 17.4. The normalized spacial score (nSPS) is 11.2. The van der Waals surface area contributed by atoms with Crippen LogP contribution >= 0.6 is 0 Å². The van der Waals surface area contributed by atoms with E-state index < -0.39 is 0 Å². The third-order valence-corrected chi connectivity index (χ3v) is 6.22. The van der Waals surface area contributed by atoms with E-state index in [4.69, 9.17) is 5.10 Å². The number of amides is 1. The van der Waals surface area contributed by atoms with Gasteiger partial charge in [-0.05, 0) is 63.4 Å². The fourth-order valence-corrected chi connectivity index (χ4v) is 4.46. The van der Waals surface area contributed by atoms with Crippen LogP contribution in [0, 0.1) is 26.6 Å². The van der Waals surface area contributed by atoms with Crippen LogP contribution in [-0.4, -0.2) is 20.3 Å². The van der Waals surface area contributed by atoms with Gasteiger partial charge in [-0.3, -0.25) is 14.2 Å². The second-order valence-corrected chi connectivity index (χ2v) is 8.56. The molecule has 7 heteroatoms. The number of nitrogens with zero attached hydrogens (tertiary/aromatic N) is 3. The Morgan fingerprint density at radius 2 is 1.85 bits per heavy atom. The molecule has 0 saturated heterocycles. The van der Waals surface area contributed by atoms with E-state index in [2.05, 4.69) is 5.32 Å². The number of rotatable bonds is 7. The molecular formula is C27H29FN4O2. The lowest BCUT2D eigenvalue weighted by molar-refractivity contribution is -0.121. The summed E-state index contributed by atoms with van der Waals surface area (Å²) in [6.07, 6.45) is 0.448. The second-order valence-electron chi connectivity index (χ2n) is 8.56. The van der Waals surface area contributed by atoms with Crippen LogP contribution in [0.5, 0.6) is 0 Å². The topological polar surface area (TPSA) is 68.9 Å². The van der Waals surface area contributed by atoms with E-state index >= 15 is 0 Å². The van der Waals surface area contributed by atoms with Gasteiger partial charge in [0.05, 0.1) is 11.4 Å². The highest BCUT2D eigenvalue weighted by atomic mass is 19.1. The minimum atomic E-state index is -0.351. The molecule has 2 heterocycles. The molecule has 176 valence electrons. The standard InChI is InChI=1S/C27H29FN4O2/c1-5-31-26-25(19(4)30-32(26)21-11-8-9-17(2)15-21)18(3)22(27(31)34)13-14-24(33)29-16-20-10-6-7-12-23(20)28/h6-12,15H,5,13-14,16H2,1-4H3,(H,29,33). The molecule has 6 nitrogen and oxygen atoms in total. The summed E-state index contributed by atoms with van der Waals surface area (Å²) in [4.78, 5) is 25.9. The number of benzene rings is 2. The molecule has 0 unspecified atom stereocenters. The first-order valence-electron chi connectivity index (χ1n) is 11.5. The van der Waals surface area contributed by atoms with Gasteiger partial charge >= 0.3 is 0 Å². The maximum atomic E-state index is 13.8. The lowest BCUT2D eigenvalue weighted by Gasteiger charge is -2.15. The molecule has 34 heavy (non-hydrogen) atoms. The van der Waals surface area contributed by atoms with E-state index in [9.17, 15) is 14.0 Å². The average Bonchev–Trinajstić information content (AvgIpc) is 3.16. The molecule has 0 saturated carbocycles. The number of pyridine rings is 1. The number of hydrogen-bond donors (Lipinski definition) is 1. The highest BCUT2D eigenvalue weighted by molar-refractivity contribution is 5.85. The number of aromatic nitrogens is 3.